The van der Waals surface area contributed by atoms with E-state index in [-0.39, 0.29) is 17.1 Å². The maximum Gasteiger partial charge on any atom is 0.255 e. The van der Waals surface area contributed by atoms with E-state index in [1.807, 2.05) is 0 Å². The molecule has 21 heavy (non-hydrogen) atoms. The lowest BCUT2D eigenvalue weighted by molar-refractivity contribution is 0.0759. The van der Waals surface area contributed by atoms with Crippen molar-refractivity contribution >= 4 is 29.3 Å². The lowest BCUT2D eigenvalue weighted by Crippen LogP contribution is -2.30. The van der Waals surface area contributed by atoms with Crippen LogP contribution < -0.4 is 0 Å². The van der Waals surface area contributed by atoms with Crippen molar-refractivity contribution < 1.29 is 9.18 Å². The van der Waals surface area contributed by atoms with Crippen LogP contribution in [0, 0.1) is 5.82 Å². The Bertz CT molecular complexity index is 679. The fraction of sp³-hybridized carbons (Fsp3) is 0.188. The highest BCUT2D eigenvalue weighted by Crippen LogP contribution is 2.39. The Morgan fingerprint density at radius 3 is 2.81 bits per heavy atom. The lowest BCUT2D eigenvalue weighted by atomic mass is 10.1. The zero-order valence-corrected chi connectivity index (χ0v) is 12.7. The molecule has 5 heteroatoms. The smallest absolute Gasteiger partial charge is 0.255 e. The number of carbonyl (C=O) groups is 1. The highest BCUT2D eigenvalue weighted by Gasteiger charge is 2.32. The first-order valence-electron chi connectivity index (χ1n) is 6.59. The zero-order valence-electron chi connectivity index (χ0n) is 11.1. The molecule has 1 aliphatic rings. The van der Waals surface area contributed by atoms with E-state index < -0.39 is 0 Å². The molecule has 2 aromatic rings. The molecule has 0 bridgehead atoms. The average molecular weight is 322 g/mol. The highest BCUT2D eigenvalue weighted by atomic mass is 35.5. The summed E-state index contributed by atoms with van der Waals surface area (Å²) in [5, 5.41) is 0.243. The first kappa shape index (κ1) is 14.4. The lowest BCUT2D eigenvalue weighted by Gasteiger charge is -2.24. The number of amides is 1. The van der Waals surface area contributed by atoms with Crippen LogP contribution in [0.5, 0.6) is 0 Å². The second kappa shape index (κ2) is 6.08. The number of nitrogens with zero attached hydrogens (tertiary/aromatic N) is 1. The standard InChI is InChI=1S/C16H13ClFNOS/c17-12-5-3-4-11(10-12)15(20)19-8-9-21-16(19)13-6-1-2-7-14(13)18/h1-7,10,16H,8-9H2/t16-/m1/s1. The summed E-state index contributed by atoms with van der Waals surface area (Å²) in [6, 6.07) is 13.5. The summed E-state index contributed by atoms with van der Waals surface area (Å²) < 4.78 is 14.0. The molecule has 0 unspecified atom stereocenters. The minimum absolute atomic E-state index is 0.115. The van der Waals surface area contributed by atoms with Crippen molar-refractivity contribution in [3.63, 3.8) is 0 Å². The van der Waals surface area contributed by atoms with Gasteiger partial charge in [-0.15, -0.1) is 11.8 Å². The van der Waals surface area contributed by atoms with Crippen molar-refractivity contribution in [1.82, 2.24) is 4.90 Å². The zero-order chi connectivity index (χ0) is 14.8. The van der Waals surface area contributed by atoms with Gasteiger partial charge in [-0.2, -0.15) is 0 Å². The molecule has 3 rings (SSSR count). The summed E-state index contributed by atoms with van der Waals surface area (Å²) in [6.45, 7) is 0.606. The van der Waals surface area contributed by atoms with E-state index in [2.05, 4.69) is 0 Å². The van der Waals surface area contributed by atoms with Gasteiger partial charge in [0, 0.05) is 28.4 Å². The number of hydrogen-bond acceptors (Lipinski definition) is 2. The van der Waals surface area contributed by atoms with Crippen molar-refractivity contribution in [2.45, 2.75) is 5.37 Å². The van der Waals surface area contributed by atoms with Gasteiger partial charge in [-0.1, -0.05) is 35.9 Å². The predicted octanol–water partition coefficient (Wildman–Crippen LogP) is 4.37. The third-order valence-electron chi connectivity index (χ3n) is 3.39. The quantitative estimate of drug-likeness (QED) is 0.818. The Morgan fingerprint density at radius 2 is 2.05 bits per heavy atom. The van der Waals surface area contributed by atoms with E-state index in [1.165, 1.54) is 6.07 Å². The van der Waals surface area contributed by atoms with Crippen LogP contribution in [0.3, 0.4) is 0 Å². The van der Waals surface area contributed by atoms with Crippen LogP contribution in [0.15, 0.2) is 48.5 Å². The summed E-state index contributed by atoms with van der Waals surface area (Å²) in [6.07, 6.45) is 0. The summed E-state index contributed by atoms with van der Waals surface area (Å²) in [5.41, 5.74) is 1.08. The molecule has 1 heterocycles. The van der Waals surface area contributed by atoms with Gasteiger partial charge in [0.2, 0.25) is 0 Å². The second-order valence-corrected chi connectivity index (χ2v) is 6.38. The number of thioether (sulfide) groups is 1. The molecule has 0 aromatic heterocycles. The molecule has 2 aromatic carbocycles. The van der Waals surface area contributed by atoms with Crippen LogP contribution in [0.25, 0.3) is 0 Å². The van der Waals surface area contributed by atoms with Crippen molar-refractivity contribution in [2.24, 2.45) is 0 Å². The van der Waals surface area contributed by atoms with E-state index in [1.54, 1.807) is 59.1 Å². The number of benzene rings is 2. The van der Waals surface area contributed by atoms with Crippen molar-refractivity contribution in [1.29, 1.82) is 0 Å². The molecule has 1 saturated heterocycles. The molecule has 2 nitrogen and oxygen atoms in total. The topological polar surface area (TPSA) is 20.3 Å². The SMILES string of the molecule is O=C(c1cccc(Cl)c1)N1CCS[C@@H]1c1ccccc1F. The third-order valence-corrected chi connectivity index (χ3v) is 4.87. The number of hydrogen-bond donors (Lipinski definition) is 0. The summed E-state index contributed by atoms with van der Waals surface area (Å²) >= 11 is 7.52. The fourth-order valence-electron chi connectivity index (χ4n) is 2.40. The third kappa shape index (κ3) is 2.92. The van der Waals surface area contributed by atoms with E-state index in [4.69, 9.17) is 11.6 Å². The second-order valence-electron chi connectivity index (χ2n) is 4.75. The average Bonchev–Trinajstić information content (AvgIpc) is 2.96. The Morgan fingerprint density at radius 1 is 1.24 bits per heavy atom. The van der Waals surface area contributed by atoms with Gasteiger partial charge in [-0.25, -0.2) is 4.39 Å². The highest BCUT2D eigenvalue weighted by molar-refractivity contribution is 7.99. The first-order chi connectivity index (χ1) is 10.2. The van der Waals surface area contributed by atoms with Gasteiger partial charge < -0.3 is 4.90 Å². The predicted molar refractivity (Wildman–Crippen MR) is 84.1 cm³/mol. The summed E-state index contributed by atoms with van der Waals surface area (Å²) in [4.78, 5) is 14.3. The Labute approximate surface area is 131 Å². The van der Waals surface area contributed by atoms with Crippen LogP contribution in [0.4, 0.5) is 4.39 Å². The van der Waals surface area contributed by atoms with Crippen LogP contribution in [-0.4, -0.2) is 23.1 Å². The molecular weight excluding hydrogens is 309 g/mol. The molecule has 1 amide bonds. The van der Waals surface area contributed by atoms with Gasteiger partial charge in [0.15, 0.2) is 0 Å². The van der Waals surface area contributed by atoms with Crippen LogP contribution >= 0.6 is 23.4 Å². The van der Waals surface area contributed by atoms with Crippen molar-refractivity contribution in [3.05, 3.63) is 70.5 Å². The van der Waals surface area contributed by atoms with E-state index in [0.717, 1.165) is 5.75 Å². The molecule has 0 spiro atoms. The van der Waals surface area contributed by atoms with Gasteiger partial charge in [0.1, 0.15) is 11.2 Å². The normalized spacial score (nSPS) is 18.0. The molecule has 108 valence electrons. The minimum Gasteiger partial charge on any atom is -0.322 e. The van der Waals surface area contributed by atoms with Crippen LogP contribution in [0.1, 0.15) is 21.3 Å². The summed E-state index contributed by atoms with van der Waals surface area (Å²) in [7, 11) is 0. The summed E-state index contributed by atoms with van der Waals surface area (Å²) in [5.74, 6) is 0.405. The minimum atomic E-state index is -0.280. The maximum absolute atomic E-state index is 14.0. The van der Waals surface area contributed by atoms with Crippen LogP contribution in [0.2, 0.25) is 5.02 Å². The number of rotatable bonds is 2. The molecule has 0 radical (unpaired) electrons. The Kier molecular flexibility index (Phi) is 4.17. The van der Waals surface area contributed by atoms with Gasteiger partial charge in [0.25, 0.3) is 5.91 Å². The number of carbonyl (C=O) groups excluding carboxylic acids is 1. The van der Waals surface area contributed by atoms with E-state index in [9.17, 15) is 9.18 Å². The molecule has 0 N–H and O–H groups in total. The maximum atomic E-state index is 14.0. The van der Waals surface area contributed by atoms with Gasteiger partial charge in [0.05, 0.1) is 0 Å². The van der Waals surface area contributed by atoms with Crippen molar-refractivity contribution in [3.8, 4) is 0 Å². The molecule has 0 aliphatic carbocycles. The van der Waals surface area contributed by atoms with Crippen LogP contribution in [-0.2, 0) is 0 Å². The van der Waals surface area contributed by atoms with Crippen molar-refractivity contribution in [2.75, 3.05) is 12.3 Å². The Balaban J connectivity index is 1.91. The van der Waals surface area contributed by atoms with Gasteiger partial charge in [-0.3, -0.25) is 4.79 Å². The monoisotopic (exact) mass is 321 g/mol. The van der Waals surface area contributed by atoms with E-state index in [0.29, 0.717) is 22.7 Å². The molecule has 1 aliphatic heterocycles. The largest absolute Gasteiger partial charge is 0.322 e. The van der Waals surface area contributed by atoms with E-state index >= 15 is 0 Å². The molecule has 1 atom stereocenters. The Hall–Kier alpha value is -1.52. The number of halogens is 2. The molecule has 0 saturated carbocycles. The van der Waals surface area contributed by atoms with Gasteiger partial charge in [-0.05, 0) is 24.3 Å². The fourth-order valence-corrected chi connectivity index (χ4v) is 3.87. The first-order valence-corrected chi connectivity index (χ1v) is 8.02. The molecular formula is C16H13ClFNOS. The molecule has 1 fully saturated rings. The van der Waals surface area contributed by atoms with Gasteiger partial charge >= 0.3 is 0 Å².